The molecule has 0 unspecified atom stereocenters. The van der Waals surface area contributed by atoms with E-state index < -0.39 is 0 Å². The highest BCUT2D eigenvalue weighted by molar-refractivity contribution is 6.29. The molecule has 0 saturated carbocycles. The molecule has 0 fully saturated rings. The Morgan fingerprint density at radius 3 is 2.42 bits per heavy atom. The van der Waals surface area contributed by atoms with Gasteiger partial charge in [0.1, 0.15) is 0 Å². The molecular weight excluding hydrogens is 160 g/mol. The maximum absolute atomic E-state index is 8.08. The van der Waals surface area contributed by atoms with Crippen LogP contribution in [0.25, 0.3) is 0 Å². The van der Waals surface area contributed by atoms with Gasteiger partial charge in [0.2, 0.25) is 0 Å². The second-order valence-electron chi connectivity index (χ2n) is 1.88. The van der Waals surface area contributed by atoms with Gasteiger partial charge >= 0.3 is 0 Å². The highest BCUT2D eigenvalue weighted by Gasteiger charge is 1.86. The molecule has 0 bridgehead atoms. The van der Waals surface area contributed by atoms with Gasteiger partial charge in [0.25, 0.3) is 0 Å². The molecule has 6 heteroatoms. The van der Waals surface area contributed by atoms with E-state index in [2.05, 4.69) is 27.4 Å². The van der Waals surface area contributed by atoms with Crippen molar-refractivity contribution in [1.29, 1.82) is 0 Å². The van der Waals surface area contributed by atoms with E-state index in [1.807, 2.05) is 0 Å². The summed E-state index contributed by atoms with van der Waals surface area (Å²) in [7, 11) is 0. The first kappa shape index (κ1) is 10.2. The fraction of sp³-hybridized carbons (Fsp3) is 0.167. The van der Waals surface area contributed by atoms with Crippen molar-refractivity contribution in [2.45, 2.75) is 6.92 Å². The van der Waals surface area contributed by atoms with Crippen LogP contribution >= 0.6 is 0 Å². The standard InChI is InChI=1S/C6H10N4O2/c1-5(3-7-11)9-10-6(2)4-8-12/h3-4,9,11-12H,1H2,2H3/b7-3?,8-4+,10-6+. The van der Waals surface area contributed by atoms with Crippen molar-refractivity contribution in [3.63, 3.8) is 0 Å². The van der Waals surface area contributed by atoms with E-state index in [1.54, 1.807) is 6.92 Å². The molecule has 0 amide bonds. The number of hydrogen-bond donors (Lipinski definition) is 3. The second kappa shape index (κ2) is 5.90. The van der Waals surface area contributed by atoms with Gasteiger partial charge in [-0.15, -0.1) is 0 Å². The number of rotatable bonds is 4. The molecule has 66 valence electrons. The molecule has 0 aliphatic heterocycles. The molecule has 0 aromatic rings. The quantitative estimate of drug-likeness (QED) is 0.324. The Hall–Kier alpha value is -1.85. The van der Waals surface area contributed by atoms with Crippen LogP contribution in [0.5, 0.6) is 0 Å². The largest absolute Gasteiger partial charge is 0.411 e. The summed E-state index contributed by atoms with van der Waals surface area (Å²) < 4.78 is 0. The summed E-state index contributed by atoms with van der Waals surface area (Å²) in [5, 5.41) is 25.3. The smallest absolute Gasteiger partial charge is 0.0905 e. The van der Waals surface area contributed by atoms with E-state index in [0.717, 1.165) is 12.4 Å². The molecule has 0 aromatic carbocycles. The SMILES string of the molecule is C=C(C=NO)N/N=C(C)/C=N/O. The van der Waals surface area contributed by atoms with Crippen molar-refractivity contribution in [2.75, 3.05) is 0 Å². The van der Waals surface area contributed by atoms with E-state index in [0.29, 0.717) is 11.4 Å². The third-order valence-electron chi connectivity index (χ3n) is 0.834. The molecule has 0 saturated heterocycles. The summed E-state index contributed by atoms with van der Waals surface area (Å²) in [6.07, 6.45) is 2.24. The van der Waals surface area contributed by atoms with Crippen molar-refractivity contribution in [1.82, 2.24) is 5.43 Å². The topological polar surface area (TPSA) is 89.6 Å². The van der Waals surface area contributed by atoms with E-state index in [-0.39, 0.29) is 0 Å². The number of hydrogen-bond acceptors (Lipinski definition) is 6. The first-order valence-electron chi connectivity index (χ1n) is 3.04. The lowest BCUT2D eigenvalue weighted by molar-refractivity contribution is 0.321. The van der Waals surface area contributed by atoms with Gasteiger partial charge in [-0.05, 0) is 6.92 Å². The van der Waals surface area contributed by atoms with Crippen molar-refractivity contribution < 1.29 is 10.4 Å². The average molecular weight is 170 g/mol. The molecule has 0 rings (SSSR count). The van der Waals surface area contributed by atoms with Gasteiger partial charge in [0.15, 0.2) is 0 Å². The van der Waals surface area contributed by atoms with Crippen LogP contribution in [-0.2, 0) is 0 Å². The Balaban J connectivity index is 3.95. The third-order valence-corrected chi connectivity index (χ3v) is 0.834. The Labute approximate surface area is 69.6 Å². The highest BCUT2D eigenvalue weighted by atomic mass is 16.4. The van der Waals surface area contributed by atoms with E-state index in [4.69, 9.17) is 10.4 Å². The van der Waals surface area contributed by atoms with Crippen LogP contribution in [0.3, 0.4) is 0 Å². The lowest BCUT2D eigenvalue weighted by atomic mass is 10.5. The van der Waals surface area contributed by atoms with Crippen molar-refractivity contribution in [3.05, 3.63) is 12.3 Å². The summed E-state index contributed by atoms with van der Waals surface area (Å²) in [5.41, 5.74) is 3.24. The zero-order chi connectivity index (χ0) is 9.40. The average Bonchev–Trinajstić information content (AvgIpc) is 2.02. The number of allylic oxidation sites excluding steroid dienone is 1. The summed E-state index contributed by atoms with van der Waals surface area (Å²) in [4.78, 5) is 0. The highest BCUT2D eigenvalue weighted by Crippen LogP contribution is 1.78. The van der Waals surface area contributed by atoms with Crippen LogP contribution in [0.4, 0.5) is 0 Å². The number of nitrogens with one attached hydrogen (secondary N) is 1. The molecule has 12 heavy (non-hydrogen) atoms. The minimum atomic E-state index is 0.322. The Morgan fingerprint density at radius 1 is 1.33 bits per heavy atom. The predicted molar refractivity (Wildman–Crippen MR) is 45.9 cm³/mol. The minimum Gasteiger partial charge on any atom is -0.411 e. The minimum absolute atomic E-state index is 0.322. The maximum Gasteiger partial charge on any atom is 0.0905 e. The monoisotopic (exact) mass is 170 g/mol. The first-order valence-corrected chi connectivity index (χ1v) is 3.04. The fourth-order valence-corrected chi connectivity index (χ4v) is 0.371. The predicted octanol–water partition coefficient (Wildman–Crippen LogP) is 0.386. The van der Waals surface area contributed by atoms with Gasteiger partial charge < -0.3 is 10.4 Å². The lowest BCUT2D eigenvalue weighted by Gasteiger charge is -1.96. The van der Waals surface area contributed by atoms with Crippen molar-refractivity contribution in [2.24, 2.45) is 15.4 Å². The lowest BCUT2D eigenvalue weighted by Crippen LogP contribution is -2.09. The second-order valence-corrected chi connectivity index (χ2v) is 1.88. The molecule has 0 radical (unpaired) electrons. The number of hydrazone groups is 1. The molecule has 0 heterocycles. The first-order chi connectivity index (χ1) is 5.70. The Bertz CT molecular complexity index is 232. The zero-order valence-corrected chi connectivity index (χ0v) is 6.60. The van der Waals surface area contributed by atoms with Gasteiger partial charge in [-0.25, -0.2) is 0 Å². The van der Waals surface area contributed by atoms with Crippen LogP contribution in [-0.4, -0.2) is 28.6 Å². The summed E-state index contributed by atoms with van der Waals surface area (Å²) in [6.45, 7) is 5.06. The third kappa shape index (κ3) is 4.98. The van der Waals surface area contributed by atoms with Gasteiger partial charge in [-0.1, -0.05) is 16.9 Å². The van der Waals surface area contributed by atoms with E-state index >= 15 is 0 Å². The van der Waals surface area contributed by atoms with Crippen LogP contribution in [0.1, 0.15) is 6.92 Å². The summed E-state index contributed by atoms with van der Waals surface area (Å²) in [6, 6.07) is 0. The Morgan fingerprint density at radius 2 is 1.92 bits per heavy atom. The van der Waals surface area contributed by atoms with Crippen LogP contribution < -0.4 is 5.43 Å². The summed E-state index contributed by atoms with van der Waals surface area (Å²) in [5.74, 6) is 0. The summed E-state index contributed by atoms with van der Waals surface area (Å²) >= 11 is 0. The van der Waals surface area contributed by atoms with Crippen molar-refractivity contribution in [3.8, 4) is 0 Å². The van der Waals surface area contributed by atoms with Crippen LogP contribution in [0.2, 0.25) is 0 Å². The number of oxime groups is 2. The van der Waals surface area contributed by atoms with Gasteiger partial charge in [-0.2, -0.15) is 5.10 Å². The molecule has 6 nitrogen and oxygen atoms in total. The molecule has 0 atom stereocenters. The van der Waals surface area contributed by atoms with Crippen LogP contribution in [0, 0.1) is 0 Å². The molecule has 0 aliphatic carbocycles. The van der Waals surface area contributed by atoms with Crippen LogP contribution in [0.15, 0.2) is 27.7 Å². The molecule has 0 spiro atoms. The van der Waals surface area contributed by atoms with Crippen molar-refractivity contribution >= 4 is 18.1 Å². The van der Waals surface area contributed by atoms with E-state index in [9.17, 15) is 0 Å². The van der Waals surface area contributed by atoms with Gasteiger partial charge in [0.05, 0.1) is 23.8 Å². The molecule has 3 N–H and O–H groups in total. The number of nitrogens with zero attached hydrogens (tertiary/aromatic N) is 3. The molecule has 0 aliphatic rings. The molecule has 0 aromatic heterocycles. The fourth-order valence-electron chi connectivity index (χ4n) is 0.371. The van der Waals surface area contributed by atoms with E-state index in [1.165, 1.54) is 0 Å². The normalized spacial score (nSPS) is 12.6. The van der Waals surface area contributed by atoms with Gasteiger partial charge in [0, 0.05) is 0 Å². The maximum atomic E-state index is 8.08. The van der Waals surface area contributed by atoms with Gasteiger partial charge in [-0.3, -0.25) is 5.43 Å². The zero-order valence-electron chi connectivity index (χ0n) is 6.60. The molecular formula is C6H10N4O2. The Kier molecular flexibility index (Phi) is 4.99.